The summed E-state index contributed by atoms with van der Waals surface area (Å²) < 4.78 is 10.5. The Hall–Kier alpha value is -1.14. The van der Waals surface area contributed by atoms with E-state index in [0.717, 1.165) is 32.4 Å². The van der Waals surface area contributed by atoms with E-state index in [9.17, 15) is 0 Å². The van der Waals surface area contributed by atoms with Gasteiger partial charge in [0.1, 0.15) is 0 Å². The van der Waals surface area contributed by atoms with Crippen LogP contribution in [-0.4, -0.2) is 36.4 Å². The molecular weight excluding hydrogens is 220 g/mol. The van der Waals surface area contributed by atoms with Gasteiger partial charge in [-0.1, -0.05) is 19.8 Å². The second-order valence-corrected chi connectivity index (χ2v) is 4.28. The molecule has 17 heavy (non-hydrogen) atoms. The molecule has 0 spiro atoms. The third kappa shape index (κ3) is 3.17. The first-order chi connectivity index (χ1) is 8.31. The fourth-order valence-corrected chi connectivity index (χ4v) is 1.82. The standard InChI is InChI=1S/C11H20N4O2/c1-2-3-4-9(12)10-13-11(14-17-10)15-5-7-16-8-6-15/h9H,2-8,12H2,1H3/t9-/m0/s1. The van der Waals surface area contributed by atoms with Crippen molar-refractivity contribution in [1.82, 2.24) is 10.1 Å². The van der Waals surface area contributed by atoms with E-state index in [1.54, 1.807) is 0 Å². The minimum absolute atomic E-state index is 0.141. The Morgan fingerprint density at radius 3 is 2.88 bits per heavy atom. The summed E-state index contributed by atoms with van der Waals surface area (Å²) in [6.45, 7) is 5.18. The van der Waals surface area contributed by atoms with Crippen LogP contribution in [0.15, 0.2) is 4.52 Å². The molecule has 0 radical (unpaired) electrons. The van der Waals surface area contributed by atoms with Gasteiger partial charge in [0.15, 0.2) is 0 Å². The van der Waals surface area contributed by atoms with Crippen molar-refractivity contribution in [2.45, 2.75) is 32.2 Å². The molecule has 0 saturated carbocycles. The summed E-state index contributed by atoms with van der Waals surface area (Å²) in [4.78, 5) is 6.41. The summed E-state index contributed by atoms with van der Waals surface area (Å²) >= 11 is 0. The number of ether oxygens (including phenoxy) is 1. The zero-order valence-corrected chi connectivity index (χ0v) is 10.3. The highest BCUT2D eigenvalue weighted by molar-refractivity contribution is 5.28. The maximum Gasteiger partial charge on any atom is 0.266 e. The molecule has 2 N–H and O–H groups in total. The van der Waals surface area contributed by atoms with Crippen molar-refractivity contribution in [2.24, 2.45) is 5.73 Å². The van der Waals surface area contributed by atoms with Crippen molar-refractivity contribution in [2.75, 3.05) is 31.2 Å². The normalized spacial score (nSPS) is 18.4. The Morgan fingerprint density at radius 1 is 1.41 bits per heavy atom. The third-order valence-corrected chi connectivity index (χ3v) is 2.91. The molecule has 1 fully saturated rings. The molecular formula is C11H20N4O2. The van der Waals surface area contributed by atoms with Gasteiger partial charge in [-0.05, 0) is 11.6 Å². The van der Waals surface area contributed by atoms with Crippen molar-refractivity contribution < 1.29 is 9.26 Å². The largest absolute Gasteiger partial charge is 0.378 e. The Kier molecular flexibility index (Phi) is 4.33. The van der Waals surface area contributed by atoms with Crippen LogP contribution in [0, 0.1) is 0 Å². The van der Waals surface area contributed by atoms with E-state index in [-0.39, 0.29) is 6.04 Å². The van der Waals surface area contributed by atoms with Crippen LogP contribution in [0.3, 0.4) is 0 Å². The van der Waals surface area contributed by atoms with Crippen LogP contribution < -0.4 is 10.6 Å². The Morgan fingerprint density at radius 2 is 2.18 bits per heavy atom. The molecule has 1 aliphatic heterocycles. The minimum atomic E-state index is -0.141. The molecule has 1 aromatic rings. The van der Waals surface area contributed by atoms with E-state index in [4.69, 9.17) is 15.0 Å². The number of aromatic nitrogens is 2. The summed E-state index contributed by atoms with van der Waals surface area (Å²) in [7, 11) is 0. The molecule has 0 amide bonds. The number of morpholine rings is 1. The smallest absolute Gasteiger partial charge is 0.266 e. The molecule has 0 unspecified atom stereocenters. The van der Waals surface area contributed by atoms with Crippen LogP contribution in [-0.2, 0) is 4.74 Å². The Balaban J connectivity index is 1.94. The quantitative estimate of drug-likeness (QED) is 0.830. The van der Waals surface area contributed by atoms with Crippen molar-refractivity contribution in [3.8, 4) is 0 Å². The predicted octanol–water partition coefficient (Wildman–Crippen LogP) is 1.10. The van der Waals surface area contributed by atoms with E-state index >= 15 is 0 Å². The van der Waals surface area contributed by atoms with E-state index in [2.05, 4.69) is 22.0 Å². The van der Waals surface area contributed by atoms with E-state index in [1.165, 1.54) is 0 Å². The van der Waals surface area contributed by atoms with Gasteiger partial charge in [0.25, 0.3) is 5.95 Å². The summed E-state index contributed by atoms with van der Waals surface area (Å²) in [5.41, 5.74) is 5.98. The van der Waals surface area contributed by atoms with Crippen LogP contribution in [0.5, 0.6) is 0 Å². The second-order valence-electron chi connectivity index (χ2n) is 4.28. The number of anilines is 1. The van der Waals surface area contributed by atoms with Gasteiger partial charge >= 0.3 is 0 Å². The highest BCUT2D eigenvalue weighted by Crippen LogP contribution is 2.18. The van der Waals surface area contributed by atoms with Gasteiger partial charge < -0.3 is 19.9 Å². The monoisotopic (exact) mass is 240 g/mol. The molecule has 2 rings (SSSR count). The molecule has 0 aliphatic carbocycles. The zero-order valence-electron chi connectivity index (χ0n) is 10.3. The predicted molar refractivity (Wildman–Crippen MR) is 63.8 cm³/mol. The molecule has 1 aromatic heterocycles. The van der Waals surface area contributed by atoms with Gasteiger partial charge in [0.05, 0.1) is 19.3 Å². The van der Waals surface area contributed by atoms with Crippen molar-refractivity contribution in [1.29, 1.82) is 0 Å². The Bertz CT molecular complexity index is 336. The first kappa shape index (κ1) is 12.3. The number of nitrogens with zero attached hydrogens (tertiary/aromatic N) is 3. The van der Waals surface area contributed by atoms with E-state index in [1.807, 2.05) is 0 Å². The number of rotatable bonds is 5. The maximum absolute atomic E-state index is 5.98. The first-order valence-electron chi connectivity index (χ1n) is 6.23. The average molecular weight is 240 g/mol. The molecule has 1 saturated heterocycles. The summed E-state index contributed by atoms with van der Waals surface area (Å²) in [5, 5.41) is 3.97. The molecule has 6 nitrogen and oxygen atoms in total. The molecule has 96 valence electrons. The lowest BCUT2D eigenvalue weighted by molar-refractivity contribution is 0.121. The topological polar surface area (TPSA) is 77.4 Å². The maximum atomic E-state index is 5.98. The molecule has 0 bridgehead atoms. The molecule has 2 heterocycles. The van der Waals surface area contributed by atoms with Gasteiger partial charge in [-0.15, -0.1) is 0 Å². The summed E-state index contributed by atoms with van der Waals surface area (Å²) in [5.74, 6) is 1.18. The lowest BCUT2D eigenvalue weighted by atomic mass is 10.1. The van der Waals surface area contributed by atoms with Crippen LogP contribution in [0.4, 0.5) is 5.95 Å². The number of unbranched alkanes of at least 4 members (excludes halogenated alkanes) is 1. The number of hydrogen-bond acceptors (Lipinski definition) is 6. The third-order valence-electron chi connectivity index (χ3n) is 2.91. The molecule has 1 aliphatic rings. The fraction of sp³-hybridized carbons (Fsp3) is 0.818. The van der Waals surface area contributed by atoms with E-state index in [0.29, 0.717) is 25.1 Å². The van der Waals surface area contributed by atoms with Gasteiger partial charge in [-0.25, -0.2) is 0 Å². The highest BCUT2D eigenvalue weighted by atomic mass is 16.5. The lowest BCUT2D eigenvalue weighted by Gasteiger charge is -2.24. The average Bonchev–Trinajstić information content (AvgIpc) is 2.86. The molecule has 6 heteroatoms. The lowest BCUT2D eigenvalue weighted by Crippen LogP contribution is -2.36. The zero-order chi connectivity index (χ0) is 12.1. The highest BCUT2D eigenvalue weighted by Gasteiger charge is 2.19. The molecule has 1 atom stereocenters. The first-order valence-corrected chi connectivity index (χ1v) is 6.23. The van der Waals surface area contributed by atoms with Crippen LogP contribution in [0.2, 0.25) is 0 Å². The molecule has 0 aromatic carbocycles. The van der Waals surface area contributed by atoms with Crippen molar-refractivity contribution in [3.63, 3.8) is 0 Å². The van der Waals surface area contributed by atoms with Crippen LogP contribution in [0.1, 0.15) is 38.1 Å². The fourth-order valence-electron chi connectivity index (χ4n) is 1.82. The van der Waals surface area contributed by atoms with Crippen LogP contribution >= 0.6 is 0 Å². The van der Waals surface area contributed by atoms with Crippen molar-refractivity contribution >= 4 is 5.95 Å². The number of hydrogen-bond donors (Lipinski definition) is 1. The Labute approximate surface area is 101 Å². The second kappa shape index (κ2) is 5.97. The van der Waals surface area contributed by atoms with Crippen LogP contribution in [0.25, 0.3) is 0 Å². The minimum Gasteiger partial charge on any atom is -0.378 e. The SMILES string of the molecule is CCCC[C@H](N)c1nc(N2CCOCC2)no1. The van der Waals surface area contributed by atoms with Gasteiger partial charge in [0.2, 0.25) is 5.89 Å². The summed E-state index contributed by atoms with van der Waals surface area (Å²) in [6.07, 6.45) is 3.09. The van der Waals surface area contributed by atoms with Crippen molar-refractivity contribution in [3.05, 3.63) is 5.89 Å². The van der Waals surface area contributed by atoms with Gasteiger partial charge in [-0.2, -0.15) is 4.98 Å². The van der Waals surface area contributed by atoms with Gasteiger partial charge in [-0.3, -0.25) is 0 Å². The summed E-state index contributed by atoms with van der Waals surface area (Å²) in [6, 6.07) is -0.141. The van der Waals surface area contributed by atoms with E-state index < -0.39 is 0 Å². The number of nitrogens with two attached hydrogens (primary N) is 1. The van der Waals surface area contributed by atoms with Gasteiger partial charge in [0, 0.05) is 13.1 Å².